The van der Waals surface area contributed by atoms with Gasteiger partial charge in [-0.25, -0.2) is 4.39 Å². The van der Waals surface area contributed by atoms with Gasteiger partial charge in [0.15, 0.2) is 12.5 Å². The van der Waals surface area contributed by atoms with Crippen molar-refractivity contribution >= 4 is 21.7 Å². The maximum Gasteiger partial charge on any atom is 0.197 e. The van der Waals surface area contributed by atoms with E-state index in [9.17, 15) is 14.3 Å². The summed E-state index contributed by atoms with van der Waals surface area (Å²) in [6, 6.07) is 4.30. The van der Waals surface area contributed by atoms with E-state index < -0.39 is 12.5 Å². The van der Waals surface area contributed by atoms with E-state index in [1.807, 2.05) is 0 Å². The van der Waals surface area contributed by atoms with E-state index in [0.717, 1.165) is 0 Å². The number of hydrogen-bond acceptors (Lipinski definition) is 2. The molecule has 0 aliphatic carbocycles. The second kappa shape index (κ2) is 3.67. The molecule has 0 saturated heterocycles. The van der Waals surface area contributed by atoms with Crippen LogP contribution in [0.5, 0.6) is 5.75 Å². The van der Waals surface area contributed by atoms with E-state index in [1.54, 1.807) is 6.07 Å². The average Bonchev–Trinajstić information content (AvgIpc) is 2.03. The minimum absolute atomic E-state index is 0.0145. The van der Waals surface area contributed by atoms with Crippen LogP contribution in [-0.4, -0.2) is 17.6 Å². The van der Waals surface area contributed by atoms with Crippen molar-refractivity contribution in [3.8, 4) is 5.75 Å². The highest BCUT2D eigenvalue weighted by molar-refractivity contribution is 9.10. The molecular formula is C8H6BrFO2. The van der Waals surface area contributed by atoms with Crippen LogP contribution in [0.25, 0.3) is 0 Å². The smallest absolute Gasteiger partial charge is 0.197 e. The molecule has 0 amide bonds. The number of phenolic OH excluding ortho intramolecular Hbond substituents is 1. The van der Waals surface area contributed by atoms with Crippen LogP contribution in [-0.2, 0) is 0 Å². The Morgan fingerprint density at radius 1 is 1.58 bits per heavy atom. The van der Waals surface area contributed by atoms with Crippen molar-refractivity contribution in [2.45, 2.75) is 0 Å². The normalized spacial score (nSPS) is 9.83. The molecule has 0 fully saturated rings. The van der Waals surface area contributed by atoms with Gasteiger partial charge in [-0.3, -0.25) is 4.79 Å². The summed E-state index contributed by atoms with van der Waals surface area (Å²) in [5, 5.41) is 9.18. The number of halogens is 2. The van der Waals surface area contributed by atoms with E-state index in [0.29, 0.717) is 4.47 Å². The summed E-state index contributed by atoms with van der Waals surface area (Å²) in [5.41, 5.74) is 0.0145. The molecule has 0 heterocycles. The Balaban J connectivity index is 3.09. The topological polar surface area (TPSA) is 37.3 Å². The van der Waals surface area contributed by atoms with Crippen molar-refractivity contribution in [1.29, 1.82) is 0 Å². The second-order valence-corrected chi connectivity index (χ2v) is 3.13. The van der Waals surface area contributed by atoms with Crippen molar-refractivity contribution in [3.63, 3.8) is 0 Å². The summed E-state index contributed by atoms with van der Waals surface area (Å²) < 4.78 is 12.5. The summed E-state index contributed by atoms with van der Waals surface area (Å²) in [5.74, 6) is -0.910. The third-order valence-electron chi connectivity index (χ3n) is 1.38. The molecule has 4 heteroatoms. The Morgan fingerprint density at radius 2 is 2.25 bits per heavy atom. The molecule has 1 aromatic rings. The quantitative estimate of drug-likeness (QED) is 0.795. The Bertz CT molecular complexity index is 312. The maximum absolute atomic E-state index is 11.9. The summed E-state index contributed by atoms with van der Waals surface area (Å²) >= 11 is 3.10. The summed E-state index contributed by atoms with van der Waals surface area (Å²) in [6.07, 6.45) is 0. The fraction of sp³-hybridized carbons (Fsp3) is 0.125. The van der Waals surface area contributed by atoms with Crippen LogP contribution in [0.15, 0.2) is 22.7 Å². The van der Waals surface area contributed by atoms with Crippen LogP contribution in [0.4, 0.5) is 4.39 Å². The maximum atomic E-state index is 11.9. The molecule has 0 unspecified atom stereocenters. The van der Waals surface area contributed by atoms with Crippen LogP contribution < -0.4 is 0 Å². The monoisotopic (exact) mass is 232 g/mol. The highest BCUT2D eigenvalue weighted by Gasteiger charge is 2.09. The minimum Gasteiger partial charge on any atom is -0.507 e. The summed E-state index contributed by atoms with van der Waals surface area (Å²) in [6.45, 7) is -1.09. The second-order valence-electron chi connectivity index (χ2n) is 2.22. The lowest BCUT2D eigenvalue weighted by molar-refractivity contribution is 0.0956. The highest BCUT2D eigenvalue weighted by Crippen LogP contribution is 2.22. The number of phenols is 1. The van der Waals surface area contributed by atoms with E-state index in [2.05, 4.69) is 15.9 Å². The van der Waals surface area contributed by atoms with Gasteiger partial charge in [0.05, 0.1) is 5.56 Å². The lowest BCUT2D eigenvalue weighted by atomic mass is 10.1. The lowest BCUT2D eigenvalue weighted by Crippen LogP contribution is -2.00. The van der Waals surface area contributed by atoms with Crippen LogP contribution in [0.2, 0.25) is 0 Å². The molecule has 1 aromatic carbocycles. The number of carbonyl (C=O) groups excluding carboxylic acids is 1. The van der Waals surface area contributed by atoms with Gasteiger partial charge in [-0.1, -0.05) is 15.9 Å². The number of rotatable bonds is 2. The lowest BCUT2D eigenvalue weighted by Gasteiger charge is -2.00. The predicted molar refractivity (Wildman–Crippen MR) is 46.1 cm³/mol. The Morgan fingerprint density at radius 3 is 2.75 bits per heavy atom. The first-order valence-corrected chi connectivity index (χ1v) is 4.02. The van der Waals surface area contributed by atoms with Crippen molar-refractivity contribution in [2.24, 2.45) is 0 Å². The molecule has 0 aliphatic heterocycles. The third kappa shape index (κ3) is 1.82. The summed E-state index contributed by atoms with van der Waals surface area (Å²) in [7, 11) is 0. The van der Waals surface area contributed by atoms with Crippen molar-refractivity contribution in [1.82, 2.24) is 0 Å². The van der Waals surface area contributed by atoms with Gasteiger partial charge < -0.3 is 5.11 Å². The average molecular weight is 233 g/mol. The van der Waals surface area contributed by atoms with E-state index in [1.165, 1.54) is 12.1 Å². The van der Waals surface area contributed by atoms with Crippen LogP contribution in [0.3, 0.4) is 0 Å². The molecule has 1 rings (SSSR count). The molecule has 0 spiro atoms. The Hall–Kier alpha value is -0.900. The van der Waals surface area contributed by atoms with E-state index >= 15 is 0 Å². The van der Waals surface area contributed by atoms with Gasteiger partial charge in [0.25, 0.3) is 0 Å². The third-order valence-corrected chi connectivity index (χ3v) is 1.87. The summed E-state index contributed by atoms with van der Waals surface area (Å²) in [4.78, 5) is 10.8. The van der Waals surface area contributed by atoms with Crippen LogP contribution in [0, 0.1) is 0 Å². The number of Topliss-reactive ketones (excluding diaryl/α,β-unsaturated/α-hetero) is 1. The first-order valence-electron chi connectivity index (χ1n) is 3.23. The van der Waals surface area contributed by atoms with Crippen molar-refractivity contribution in [2.75, 3.05) is 6.67 Å². The molecule has 64 valence electrons. The number of hydrogen-bond donors (Lipinski definition) is 1. The SMILES string of the molecule is O=C(CF)c1ccc(Br)cc1O. The zero-order chi connectivity index (χ0) is 9.14. The van der Waals surface area contributed by atoms with Gasteiger partial charge in [0.2, 0.25) is 0 Å². The number of benzene rings is 1. The predicted octanol–water partition coefficient (Wildman–Crippen LogP) is 2.31. The number of ketones is 1. The number of carbonyl (C=O) groups is 1. The fourth-order valence-corrected chi connectivity index (χ4v) is 1.16. The van der Waals surface area contributed by atoms with Gasteiger partial charge in [0.1, 0.15) is 5.75 Å². The van der Waals surface area contributed by atoms with Gasteiger partial charge >= 0.3 is 0 Å². The number of alkyl halides is 1. The molecule has 1 N–H and O–H groups in total. The highest BCUT2D eigenvalue weighted by atomic mass is 79.9. The molecule has 0 atom stereocenters. The van der Waals surface area contributed by atoms with E-state index in [-0.39, 0.29) is 11.3 Å². The van der Waals surface area contributed by atoms with Crippen LogP contribution in [0.1, 0.15) is 10.4 Å². The van der Waals surface area contributed by atoms with Gasteiger partial charge in [-0.15, -0.1) is 0 Å². The molecule has 12 heavy (non-hydrogen) atoms. The molecule has 0 bridgehead atoms. The Kier molecular flexibility index (Phi) is 2.81. The standard InChI is InChI=1S/C8H6BrFO2/c9-5-1-2-6(7(11)3-5)8(12)4-10/h1-3,11H,4H2. The zero-order valence-electron chi connectivity index (χ0n) is 6.05. The minimum atomic E-state index is -1.09. The molecule has 0 aliphatic rings. The first-order chi connectivity index (χ1) is 5.65. The fourth-order valence-electron chi connectivity index (χ4n) is 0.813. The van der Waals surface area contributed by atoms with E-state index in [4.69, 9.17) is 0 Å². The number of aromatic hydroxyl groups is 1. The largest absolute Gasteiger partial charge is 0.507 e. The van der Waals surface area contributed by atoms with Crippen molar-refractivity contribution < 1.29 is 14.3 Å². The molecule has 0 aromatic heterocycles. The molecular weight excluding hydrogens is 227 g/mol. The molecule has 0 radical (unpaired) electrons. The zero-order valence-corrected chi connectivity index (χ0v) is 7.64. The van der Waals surface area contributed by atoms with Gasteiger partial charge in [0, 0.05) is 4.47 Å². The Labute approximate surface area is 77.2 Å². The molecule has 0 saturated carbocycles. The van der Waals surface area contributed by atoms with Gasteiger partial charge in [-0.05, 0) is 18.2 Å². The van der Waals surface area contributed by atoms with Gasteiger partial charge in [-0.2, -0.15) is 0 Å². The first kappa shape index (κ1) is 9.19. The van der Waals surface area contributed by atoms with Crippen LogP contribution >= 0.6 is 15.9 Å². The van der Waals surface area contributed by atoms with Crippen molar-refractivity contribution in [3.05, 3.63) is 28.2 Å². The molecule has 2 nitrogen and oxygen atoms in total.